The van der Waals surface area contributed by atoms with Gasteiger partial charge in [-0.05, 0) is 32.5 Å². The molecule has 0 aromatic heterocycles. The van der Waals surface area contributed by atoms with Crippen LogP contribution in [0.25, 0.3) is 0 Å². The van der Waals surface area contributed by atoms with Gasteiger partial charge in [-0.25, -0.2) is 0 Å². The van der Waals surface area contributed by atoms with E-state index in [4.69, 9.17) is 23.2 Å². The summed E-state index contributed by atoms with van der Waals surface area (Å²) in [5, 5.41) is 11.3. The van der Waals surface area contributed by atoms with E-state index in [2.05, 4.69) is 30.8 Å². The molecule has 1 aliphatic rings. The van der Waals surface area contributed by atoms with Crippen LogP contribution in [0, 0.1) is 5.92 Å². The van der Waals surface area contributed by atoms with Gasteiger partial charge in [-0.15, -0.1) is 0 Å². The molecule has 2 rings (SSSR count). The first kappa shape index (κ1) is 17.0. The molecule has 118 valence electrons. The van der Waals surface area contributed by atoms with Crippen LogP contribution in [-0.4, -0.2) is 54.7 Å². The molecule has 1 aliphatic heterocycles. The molecule has 5 heteroatoms. The van der Waals surface area contributed by atoms with Crippen molar-refractivity contribution in [3.8, 4) is 0 Å². The number of likely N-dealkylation sites (N-methyl/N-ethyl adjacent to an activating group) is 1. The Bertz CT molecular complexity index is 481. The van der Waals surface area contributed by atoms with Crippen LogP contribution in [0.2, 0.25) is 10.0 Å². The Morgan fingerprint density at radius 2 is 2.05 bits per heavy atom. The average molecular weight is 331 g/mol. The number of hydrogen-bond acceptors (Lipinski definition) is 3. The predicted molar refractivity (Wildman–Crippen MR) is 89.1 cm³/mol. The molecule has 3 atom stereocenters. The number of benzene rings is 1. The van der Waals surface area contributed by atoms with E-state index < -0.39 is 6.10 Å². The van der Waals surface area contributed by atoms with Gasteiger partial charge in [0.25, 0.3) is 0 Å². The maximum absolute atomic E-state index is 10.3. The summed E-state index contributed by atoms with van der Waals surface area (Å²) in [6.45, 7) is 5.30. The number of hydrogen-bond donors (Lipinski definition) is 1. The van der Waals surface area contributed by atoms with E-state index >= 15 is 0 Å². The van der Waals surface area contributed by atoms with Gasteiger partial charge in [0.15, 0.2) is 0 Å². The zero-order valence-electron chi connectivity index (χ0n) is 12.9. The molecule has 1 aromatic rings. The van der Waals surface area contributed by atoms with Gasteiger partial charge in [-0.3, -0.25) is 0 Å². The van der Waals surface area contributed by atoms with Gasteiger partial charge < -0.3 is 14.9 Å². The zero-order valence-corrected chi connectivity index (χ0v) is 14.4. The summed E-state index contributed by atoms with van der Waals surface area (Å²) in [6, 6.07) is 6.00. The Morgan fingerprint density at radius 1 is 1.33 bits per heavy atom. The lowest BCUT2D eigenvalue weighted by molar-refractivity contribution is 0.146. The predicted octanol–water partition coefficient (Wildman–Crippen LogP) is 3.30. The van der Waals surface area contributed by atoms with Crippen molar-refractivity contribution < 1.29 is 5.11 Å². The van der Waals surface area contributed by atoms with Gasteiger partial charge in [0.2, 0.25) is 0 Å². The fraction of sp³-hybridized carbons (Fsp3) is 0.625. The molecular weight excluding hydrogens is 307 g/mol. The number of aliphatic hydroxyl groups excluding tert-OH is 1. The van der Waals surface area contributed by atoms with Gasteiger partial charge in [-0.2, -0.15) is 0 Å². The molecule has 0 spiro atoms. The molecule has 1 heterocycles. The van der Waals surface area contributed by atoms with Crippen molar-refractivity contribution in [3.05, 3.63) is 33.8 Å². The van der Waals surface area contributed by atoms with E-state index in [0.29, 0.717) is 28.4 Å². The van der Waals surface area contributed by atoms with Gasteiger partial charge in [-0.1, -0.05) is 42.3 Å². The first-order chi connectivity index (χ1) is 9.90. The number of rotatable bonds is 5. The summed E-state index contributed by atoms with van der Waals surface area (Å²) in [7, 11) is 4.26. The molecule has 0 radical (unpaired) electrons. The monoisotopic (exact) mass is 330 g/mol. The largest absolute Gasteiger partial charge is 0.388 e. The molecule has 3 nitrogen and oxygen atoms in total. The minimum atomic E-state index is -0.565. The summed E-state index contributed by atoms with van der Waals surface area (Å²) < 4.78 is 0. The molecule has 3 unspecified atom stereocenters. The third-order valence-corrected chi connectivity index (χ3v) is 5.20. The molecule has 0 aliphatic carbocycles. The third kappa shape index (κ3) is 4.11. The van der Waals surface area contributed by atoms with Crippen molar-refractivity contribution in [3.63, 3.8) is 0 Å². The lowest BCUT2D eigenvalue weighted by Crippen LogP contribution is -2.34. The molecule has 21 heavy (non-hydrogen) atoms. The van der Waals surface area contributed by atoms with E-state index in [1.165, 1.54) is 0 Å². The van der Waals surface area contributed by atoms with Crippen LogP contribution >= 0.6 is 23.2 Å². The normalized spacial score (nSPS) is 24.7. The Hall–Kier alpha value is -0.320. The molecule has 1 aromatic carbocycles. The molecule has 0 bridgehead atoms. The van der Waals surface area contributed by atoms with Crippen LogP contribution in [0.5, 0.6) is 0 Å². The Balaban J connectivity index is 1.90. The smallest absolute Gasteiger partial charge is 0.0817 e. The highest BCUT2D eigenvalue weighted by atomic mass is 35.5. The van der Waals surface area contributed by atoms with Crippen molar-refractivity contribution in [1.29, 1.82) is 0 Å². The maximum Gasteiger partial charge on any atom is 0.0817 e. The number of halogens is 2. The SMILES string of the molecule is CC1CN(CCC(O)c2cccc(Cl)c2Cl)CC1N(C)C. The lowest BCUT2D eigenvalue weighted by Gasteiger charge is -2.23. The van der Waals surface area contributed by atoms with Gasteiger partial charge in [0.1, 0.15) is 0 Å². The van der Waals surface area contributed by atoms with Crippen LogP contribution in [0.3, 0.4) is 0 Å². The van der Waals surface area contributed by atoms with E-state index in [-0.39, 0.29) is 0 Å². The Morgan fingerprint density at radius 3 is 2.67 bits per heavy atom. The van der Waals surface area contributed by atoms with E-state index in [0.717, 1.165) is 25.2 Å². The topological polar surface area (TPSA) is 26.7 Å². The quantitative estimate of drug-likeness (QED) is 0.897. The van der Waals surface area contributed by atoms with E-state index in [1.54, 1.807) is 6.07 Å². The second-order valence-corrected chi connectivity index (χ2v) is 7.00. The summed E-state index contributed by atoms with van der Waals surface area (Å²) in [5.41, 5.74) is 0.723. The molecule has 1 N–H and O–H groups in total. The van der Waals surface area contributed by atoms with Gasteiger partial charge in [0.05, 0.1) is 16.1 Å². The van der Waals surface area contributed by atoms with Crippen molar-refractivity contribution >= 4 is 23.2 Å². The fourth-order valence-corrected chi connectivity index (χ4v) is 3.57. The molecular formula is C16H24Cl2N2O. The first-order valence-corrected chi connectivity index (χ1v) is 8.16. The summed E-state index contributed by atoms with van der Waals surface area (Å²) >= 11 is 12.2. The van der Waals surface area contributed by atoms with Crippen LogP contribution in [0.15, 0.2) is 18.2 Å². The highest BCUT2D eigenvalue weighted by molar-refractivity contribution is 6.42. The maximum atomic E-state index is 10.3. The van der Waals surface area contributed by atoms with Crippen LogP contribution < -0.4 is 0 Å². The molecule has 0 amide bonds. The molecule has 0 saturated carbocycles. The molecule has 1 saturated heterocycles. The first-order valence-electron chi connectivity index (χ1n) is 7.41. The zero-order chi connectivity index (χ0) is 15.6. The molecule has 1 fully saturated rings. The minimum Gasteiger partial charge on any atom is -0.388 e. The fourth-order valence-electron chi connectivity index (χ4n) is 3.14. The second kappa shape index (κ2) is 7.30. The minimum absolute atomic E-state index is 0.465. The standard InChI is InChI=1S/C16H24Cl2N2O/c1-11-9-20(10-14(11)19(2)3)8-7-15(21)12-5-4-6-13(17)16(12)18/h4-6,11,14-15,21H,7-10H2,1-3H3. The Labute approximate surface area is 137 Å². The van der Waals surface area contributed by atoms with Crippen molar-refractivity contribution in [2.45, 2.75) is 25.5 Å². The second-order valence-electron chi connectivity index (χ2n) is 6.22. The van der Waals surface area contributed by atoms with Crippen molar-refractivity contribution in [2.75, 3.05) is 33.7 Å². The average Bonchev–Trinajstić information content (AvgIpc) is 2.80. The van der Waals surface area contributed by atoms with Crippen LogP contribution in [-0.2, 0) is 0 Å². The number of nitrogens with zero attached hydrogens (tertiary/aromatic N) is 2. The highest BCUT2D eigenvalue weighted by Gasteiger charge is 2.30. The van der Waals surface area contributed by atoms with Crippen molar-refractivity contribution in [1.82, 2.24) is 9.80 Å². The lowest BCUT2D eigenvalue weighted by atomic mass is 10.1. The third-order valence-electron chi connectivity index (χ3n) is 4.37. The van der Waals surface area contributed by atoms with Crippen LogP contribution in [0.4, 0.5) is 0 Å². The van der Waals surface area contributed by atoms with Gasteiger partial charge in [0, 0.05) is 31.2 Å². The highest BCUT2D eigenvalue weighted by Crippen LogP contribution is 2.31. The number of likely N-dealkylation sites (tertiary alicyclic amines) is 1. The van der Waals surface area contributed by atoms with Crippen LogP contribution in [0.1, 0.15) is 25.0 Å². The Kier molecular flexibility index (Phi) is 5.92. The number of aliphatic hydroxyl groups is 1. The van der Waals surface area contributed by atoms with Gasteiger partial charge >= 0.3 is 0 Å². The summed E-state index contributed by atoms with van der Waals surface area (Å²) in [5.74, 6) is 0.659. The van der Waals surface area contributed by atoms with E-state index in [1.807, 2.05) is 12.1 Å². The van der Waals surface area contributed by atoms with E-state index in [9.17, 15) is 5.11 Å². The van der Waals surface area contributed by atoms with Crippen molar-refractivity contribution in [2.24, 2.45) is 5.92 Å². The summed E-state index contributed by atoms with van der Waals surface area (Å²) in [6.07, 6.45) is 0.109. The summed E-state index contributed by atoms with van der Waals surface area (Å²) in [4.78, 5) is 4.70.